The van der Waals surface area contributed by atoms with Gasteiger partial charge in [0.05, 0.1) is 12.3 Å². The number of para-hydroxylation sites is 1. The van der Waals surface area contributed by atoms with Crippen LogP contribution in [0.15, 0.2) is 35.2 Å². The molecular weight excluding hydrogens is 280 g/mol. The molecule has 2 aromatic rings. The average Bonchev–Trinajstić information content (AvgIpc) is 2.38. The first-order chi connectivity index (χ1) is 8.34. The van der Waals surface area contributed by atoms with E-state index >= 15 is 0 Å². The third kappa shape index (κ3) is 2.05. The highest BCUT2D eigenvalue weighted by atomic mass is 79.9. The van der Waals surface area contributed by atoms with E-state index in [9.17, 15) is 0 Å². The molecule has 1 aliphatic rings. The summed E-state index contributed by atoms with van der Waals surface area (Å²) in [5.41, 5.74) is 3.21. The van der Waals surface area contributed by atoms with Gasteiger partial charge in [-0.05, 0) is 46.5 Å². The van der Waals surface area contributed by atoms with Crippen LogP contribution in [0.25, 0.3) is 11.3 Å². The second-order valence-electron chi connectivity index (χ2n) is 3.97. The lowest BCUT2D eigenvalue weighted by Gasteiger charge is -2.19. The van der Waals surface area contributed by atoms with Gasteiger partial charge in [0, 0.05) is 5.56 Å². The minimum Gasteiger partial charge on any atom is -0.493 e. The van der Waals surface area contributed by atoms with E-state index < -0.39 is 0 Å². The molecule has 1 aromatic carbocycles. The number of aryl methyl sites for hydroxylation is 1. The fourth-order valence-corrected chi connectivity index (χ4v) is 2.38. The lowest BCUT2D eigenvalue weighted by molar-refractivity contribution is 0.289. The Labute approximate surface area is 108 Å². The Morgan fingerprint density at radius 2 is 2.18 bits per heavy atom. The molecule has 0 atom stereocenters. The first kappa shape index (κ1) is 10.7. The van der Waals surface area contributed by atoms with E-state index in [-0.39, 0.29) is 0 Å². The van der Waals surface area contributed by atoms with Crippen molar-refractivity contribution in [3.63, 3.8) is 0 Å². The van der Waals surface area contributed by atoms with Gasteiger partial charge in [0.15, 0.2) is 0 Å². The van der Waals surface area contributed by atoms with Crippen molar-refractivity contribution in [2.45, 2.75) is 12.8 Å². The van der Waals surface area contributed by atoms with Crippen LogP contribution >= 0.6 is 15.9 Å². The number of nitrogens with zero attached hydrogens (tertiary/aromatic N) is 2. The standard InChI is InChI=1S/C13H11BrN2O/c14-12-7-11(15-8-16-12)10-5-1-3-9-4-2-6-17-13(9)10/h1,3,5,7-8H,2,4,6H2. The van der Waals surface area contributed by atoms with Gasteiger partial charge in [0.2, 0.25) is 0 Å². The third-order valence-electron chi connectivity index (χ3n) is 2.84. The van der Waals surface area contributed by atoms with Crippen molar-refractivity contribution in [3.05, 3.63) is 40.8 Å². The number of aromatic nitrogens is 2. The molecule has 0 unspecified atom stereocenters. The molecule has 0 saturated carbocycles. The lowest BCUT2D eigenvalue weighted by Crippen LogP contribution is -2.09. The van der Waals surface area contributed by atoms with Crippen LogP contribution in [0.5, 0.6) is 5.75 Å². The monoisotopic (exact) mass is 290 g/mol. The highest BCUT2D eigenvalue weighted by Gasteiger charge is 2.16. The zero-order valence-electron chi connectivity index (χ0n) is 9.19. The lowest BCUT2D eigenvalue weighted by atomic mass is 10.0. The van der Waals surface area contributed by atoms with Crippen molar-refractivity contribution in [2.75, 3.05) is 6.61 Å². The second kappa shape index (κ2) is 4.45. The molecule has 4 heteroatoms. The Balaban J connectivity index is 2.14. The number of benzene rings is 1. The minimum atomic E-state index is 0.788. The number of halogens is 1. The molecule has 0 aliphatic carbocycles. The van der Waals surface area contributed by atoms with Crippen LogP contribution < -0.4 is 4.74 Å². The average molecular weight is 291 g/mol. The van der Waals surface area contributed by atoms with E-state index in [1.165, 1.54) is 5.56 Å². The van der Waals surface area contributed by atoms with Crippen molar-refractivity contribution in [2.24, 2.45) is 0 Å². The van der Waals surface area contributed by atoms with Crippen molar-refractivity contribution >= 4 is 15.9 Å². The Morgan fingerprint density at radius 3 is 3.06 bits per heavy atom. The molecule has 0 radical (unpaired) electrons. The number of hydrogen-bond donors (Lipinski definition) is 0. The van der Waals surface area contributed by atoms with Gasteiger partial charge in [0.25, 0.3) is 0 Å². The maximum atomic E-state index is 5.77. The molecular formula is C13H11BrN2O. The van der Waals surface area contributed by atoms with Gasteiger partial charge in [-0.2, -0.15) is 0 Å². The topological polar surface area (TPSA) is 35.0 Å². The molecule has 3 rings (SSSR count). The zero-order valence-corrected chi connectivity index (χ0v) is 10.8. The SMILES string of the molecule is Brc1cc(-c2cccc3c2OCCC3)ncn1. The summed E-state index contributed by atoms with van der Waals surface area (Å²) in [7, 11) is 0. The summed E-state index contributed by atoms with van der Waals surface area (Å²) in [4.78, 5) is 8.34. The van der Waals surface area contributed by atoms with Crippen LogP contribution in [-0.4, -0.2) is 16.6 Å². The maximum Gasteiger partial charge on any atom is 0.131 e. The van der Waals surface area contributed by atoms with E-state index in [0.29, 0.717) is 0 Å². The summed E-state index contributed by atoms with van der Waals surface area (Å²) < 4.78 is 6.56. The Bertz CT molecular complexity index is 557. The fourth-order valence-electron chi connectivity index (χ4n) is 2.07. The van der Waals surface area contributed by atoms with Crippen LogP contribution in [0.2, 0.25) is 0 Å². The highest BCUT2D eigenvalue weighted by molar-refractivity contribution is 9.10. The molecule has 1 aromatic heterocycles. The molecule has 0 N–H and O–H groups in total. The molecule has 0 saturated heterocycles. The molecule has 0 amide bonds. The van der Waals surface area contributed by atoms with Crippen LogP contribution in [0.4, 0.5) is 0 Å². The third-order valence-corrected chi connectivity index (χ3v) is 3.28. The maximum absolute atomic E-state index is 5.77. The molecule has 3 nitrogen and oxygen atoms in total. The molecule has 0 bridgehead atoms. The van der Waals surface area contributed by atoms with E-state index in [1.807, 2.05) is 12.1 Å². The number of hydrogen-bond acceptors (Lipinski definition) is 3. The second-order valence-corrected chi connectivity index (χ2v) is 4.78. The van der Waals surface area contributed by atoms with Crippen molar-refractivity contribution in [1.82, 2.24) is 9.97 Å². The molecule has 17 heavy (non-hydrogen) atoms. The molecule has 0 fully saturated rings. The summed E-state index contributed by atoms with van der Waals surface area (Å²) in [6, 6.07) is 8.12. The van der Waals surface area contributed by atoms with Gasteiger partial charge in [-0.1, -0.05) is 12.1 Å². The predicted octanol–water partition coefficient (Wildman–Crippen LogP) is 3.23. The van der Waals surface area contributed by atoms with Crippen LogP contribution in [0.3, 0.4) is 0 Å². The summed E-state index contributed by atoms with van der Waals surface area (Å²) in [5.74, 6) is 0.976. The first-order valence-electron chi connectivity index (χ1n) is 5.57. The quantitative estimate of drug-likeness (QED) is 0.757. The van der Waals surface area contributed by atoms with Gasteiger partial charge >= 0.3 is 0 Å². The normalized spacial score (nSPS) is 13.9. The van der Waals surface area contributed by atoms with E-state index in [0.717, 1.165) is 41.1 Å². The largest absolute Gasteiger partial charge is 0.493 e. The highest BCUT2D eigenvalue weighted by Crippen LogP contribution is 2.35. The molecule has 2 heterocycles. The Morgan fingerprint density at radius 1 is 1.24 bits per heavy atom. The summed E-state index contributed by atoms with van der Waals surface area (Å²) in [5, 5.41) is 0. The summed E-state index contributed by atoms with van der Waals surface area (Å²) in [6.45, 7) is 0.788. The van der Waals surface area contributed by atoms with Crippen LogP contribution in [0.1, 0.15) is 12.0 Å². The number of fused-ring (bicyclic) bond motifs is 1. The smallest absolute Gasteiger partial charge is 0.131 e. The fraction of sp³-hybridized carbons (Fsp3) is 0.231. The van der Waals surface area contributed by atoms with Crippen LogP contribution in [-0.2, 0) is 6.42 Å². The minimum absolute atomic E-state index is 0.788. The van der Waals surface area contributed by atoms with Gasteiger partial charge < -0.3 is 4.74 Å². The Hall–Kier alpha value is -1.42. The van der Waals surface area contributed by atoms with Gasteiger partial charge in [0.1, 0.15) is 16.7 Å². The van der Waals surface area contributed by atoms with E-state index in [4.69, 9.17) is 4.74 Å². The van der Waals surface area contributed by atoms with Crippen LogP contribution in [0, 0.1) is 0 Å². The van der Waals surface area contributed by atoms with E-state index in [1.54, 1.807) is 6.33 Å². The zero-order chi connectivity index (χ0) is 11.7. The van der Waals surface area contributed by atoms with Crippen molar-refractivity contribution in [3.8, 4) is 17.0 Å². The van der Waals surface area contributed by atoms with Gasteiger partial charge in [-0.15, -0.1) is 0 Å². The van der Waals surface area contributed by atoms with Crippen molar-refractivity contribution < 1.29 is 4.74 Å². The number of rotatable bonds is 1. The van der Waals surface area contributed by atoms with Gasteiger partial charge in [-0.25, -0.2) is 9.97 Å². The Kier molecular flexibility index (Phi) is 2.81. The predicted molar refractivity (Wildman–Crippen MR) is 69.0 cm³/mol. The molecule has 86 valence electrons. The molecule has 0 spiro atoms. The first-order valence-corrected chi connectivity index (χ1v) is 6.36. The summed E-state index contributed by atoms with van der Waals surface area (Å²) in [6.07, 6.45) is 3.72. The van der Waals surface area contributed by atoms with E-state index in [2.05, 4.69) is 38.0 Å². The number of ether oxygens (including phenoxy) is 1. The van der Waals surface area contributed by atoms with Crippen molar-refractivity contribution in [1.29, 1.82) is 0 Å². The van der Waals surface area contributed by atoms with Gasteiger partial charge in [-0.3, -0.25) is 0 Å². The molecule has 1 aliphatic heterocycles. The summed E-state index contributed by atoms with van der Waals surface area (Å²) >= 11 is 3.36.